The summed E-state index contributed by atoms with van der Waals surface area (Å²) in [6.07, 6.45) is 2.11. The molecular formula is C25H25N3O5S. The first-order chi connectivity index (χ1) is 16.4. The Balaban J connectivity index is 1.46. The van der Waals surface area contributed by atoms with E-state index in [1.807, 2.05) is 36.4 Å². The number of hydrazine groups is 1. The summed E-state index contributed by atoms with van der Waals surface area (Å²) in [6, 6.07) is 18.7. The van der Waals surface area contributed by atoms with Crippen molar-refractivity contribution >= 4 is 46.0 Å². The van der Waals surface area contributed by atoms with Gasteiger partial charge in [-0.3, -0.25) is 25.8 Å². The number of fused-ring (bicyclic) bond motifs is 1. The Hall–Kier alpha value is -4.11. The van der Waals surface area contributed by atoms with Crippen molar-refractivity contribution in [3.63, 3.8) is 0 Å². The van der Waals surface area contributed by atoms with Crippen LogP contribution in [0.5, 0.6) is 17.2 Å². The third kappa shape index (κ3) is 6.69. The van der Waals surface area contributed by atoms with Gasteiger partial charge in [-0.2, -0.15) is 0 Å². The maximum atomic E-state index is 12.3. The van der Waals surface area contributed by atoms with Crippen LogP contribution in [0.3, 0.4) is 0 Å². The van der Waals surface area contributed by atoms with E-state index >= 15 is 0 Å². The Morgan fingerprint density at radius 3 is 2.38 bits per heavy atom. The topological polar surface area (TPSA) is 97.9 Å². The second-order valence-corrected chi connectivity index (χ2v) is 7.56. The Bertz CT molecular complexity index is 1230. The highest BCUT2D eigenvalue weighted by Gasteiger charge is 2.15. The van der Waals surface area contributed by atoms with Crippen molar-refractivity contribution < 1.29 is 23.8 Å². The summed E-state index contributed by atoms with van der Waals surface area (Å²) in [5.41, 5.74) is 5.65. The van der Waals surface area contributed by atoms with Crippen LogP contribution in [0.2, 0.25) is 0 Å². The van der Waals surface area contributed by atoms with E-state index in [1.54, 1.807) is 44.4 Å². The first-order valence-corrected chi connectivity index (χ1v) is 10.8. The molecule has 34 heavy (non-hydrogen) atoms. The number of nitrogens with one attached hydrogen (secondary N) is 3. The molecule has 1 atom stereocenters. The second-order valence-electron chi connectivity index (χ2n) is 7.15. The maximum Gasteiger partial charge on any atom is 0.279 e. The van der Waals surface area contributed by atoms with E-state index in [2.05, 4.69) is 16.2 Å². The van der Waals surface area contributed by atoms with Gasteiger partial charge in [0.05, 0.1) is 14.2 Å². The van der Waals surface area contributed by atoms with Gasteiger partial charge in [0, 0.05) is 6.08 Å². The Morgan fingerprint density at radius 1 is 0.912 bits per heavy atom. The molecule has 9 heteroatoms. The molecular weight excluding hydrogens is 454 g/mol. The van der Waals surface area contributed by atoms with E-state index in [0.717, 1.165) is 16.3 Å². The van der Waals surface area contributed by atoms with Gasteiger partial charge in [0.25, 0.3) is 5.91 Å². The maximum absolute atomic E-state index is 12.3. The van der Waals surface area contributed by atoms with Crippen LogP contribution in [-0.4, -0.2) is 37.3 Å². The van der Waals surface area contributed by atoms with E-state index < -0.39 is 17.9 Å². The molecule has 0 spiro atoms. The smallest absolute Gasteiger partial charge is 0.279 e. The van der Waals surface area contributed by atoms with Gasteiger partial charge in [-0.05, 0) is 65.8 Å². The molecule has 3 N–H and O–H groups in total. The number of methoxy groups -OCH3 is 2. The summed E-state index contributed by atoms with van der Waals surface area (Å²) in [5, 5.41) is 4.48. The molecule has 3 aromatic carbocycles. The first kappa shape index (κ1) is 24.5. The zero-order valence-corrected chi connectivity index (χ0v) is 19.8. The van der Waals surface area contributed by atoms with Crippen molar-refractivity contribution in [2.24, 2.45) is 0 Å². The Morgan fingerprint density at radius 2 is 1.65 bits per heavy atom. The van der Waals surface area contributed by atoms with Crippen molar-refractivity contribution in [2.45, 2.75) is 13.0 Å². The van der Waals surface area contributed by atoms with E-state index in [-0.39, 0.29) is 5.11 Å². The Kier molecular flexibility index (Phi) is 8.42. The lowest BCUT2D eigenvalue weighted by Gasteiger charge is -2.16. The quantitative estimate of drug-likeness (QED) is 0.272. The summed E-state index contributed by atoms with van der Waals surface area (Å²) in [5.74, 6) is 0.777. The fraction of sp³-hybridized carbons (Fsp3) is 0.160. The molecule has 0 saturated heterocycles. The lowest BCUT2D eigenvalue weighted by molar-refractivity contribution is -0.128. The number of benzene rings is 3. The van der Waals surface area contributed by atoms with Gasteiger partial charge in [0.15, 0.2) is 22.7 Å². The minimum atomic E-state index is -0.794. The fourth-order valence-electron chi connectivity index (χ4n) is 3.03. The summed E-state index contributed by atoms with van der Waals surface area (Å²) < 4.78 is 16.1. The molecule has 0 radical (unpaired) electrons. The van der Waals surface area contributed by atoms with E-state index in [1.165, 1.54) is 13.2 Å². The van der Waals surface area contributed by atoms with Gasteiger partial charge in [-0.25, -0.2) is 0 Å². The van der Waals surface area contributed by atoms with Crippen molar-refractivity contribution in [3.8, 4) is 17.2 Å². The van der Waals surface area contributed by atoms with Crippen molar-refractivity contribution in [1.29, 1.82) is 0 Å². The molecule has 1 unspecified atom stereocenters. The van der Waals surface area contributed by atoms with Crippen molar-refractivity contribution in [1.82, 2.24) is 16.2 Å². The third-order valence-electron chi connectivity index (χ3n) is 4.77. The highest BCUT2D eigenvalue weighted by molar-refractivity contribution is 7.80. The molecule has 0 aliphatic heterocycles. The normalized spacial score (nSPS) is 11.5. The van der Waals surface area contributed by atoms with Crippen LogP contribution in [0.4, 0.5) is 0 Å². The SMILES string of the molecule is COc1ccc(C=CC(=O)NC(=S)NNC(=O)C(C)Oc2ccc3ccccc3c2)cc1OC. The van der Waals surface area contributed by atoms with Gasteiger partial charge < -0.3 is 14.2 Å². The number of hydrogen-bond donors (Lipinski definition) is 3. The third-order valence-corrected chi connectivity index (χ3v) is 4.98. The zero-order valence-electron chi connectivity index (χ0n) is 19.0. The van der Waals surface area contributed by atoms with Crippen molar-refractivity contribution in [2.75, 3.05) is 14.2 Å². The molecule has 2 amide bonds. The summed E-state index contributed by atoms with van der Waals surface area (Å²) >= 11 is 5.05. The van der Waals surface area contributed by atoms with E-state index in [0.29, 0.717) is 17.2 Å². The molecule has 3 aromatic rings. The largest absolute Gasteiger partial charge is 0.493 e. The summed E-state index contributed by atoms with van der Waals surface area (Å²) in [4.78, 5) is 24.4. The highest BCUT2D eigenvalue weighted by Crippen LogP contribution is 2.28. The number of carbonyl (C=O) groups excluding carboxylic acids is 2. The molecule has 3 rings (SSSR count). The van der Waals surface area contributed by atoms with Gasteiger partial charge in [0.1, 0.15) is 5.75 Å². The predicted octanol–water partition coefficient (Wildman–Crippen LogP) is 3.36. The summed E-state index contributed by atoms with van der Waals surface area (Å²) in [7, 11) is 3.08. The van der Waals surface area contributed by atoms with Crippen LogP contribution in [0.25, 0.3) is 16.8 Å². The molecule has 0 aliphatic rings. The zero-order chi connectivity index (χ0) is 24.5. The van der Waals surface area contributed by atoms with Crippen LogP contribution in [0, 0.1) is 0 Å². The van der Waals surface area contributed by atoms with Crippen LogP contribution in [-0.2, 0) is 9.59 Å². The highest BCUT2D eigenvalue weighted by atomic mass is 32.1. The average Bonchev–Trinajstić information content (AvgIpc) is 2.85. The number of thiocarbonyl (C=S) groups is 1. The number of hydrogen-bond acceptors (Lipinski definition) is 6. The second kappa shape index (κ2) is 11.7. The monoisotopic (exact) mass is 479 g/mol. The number of carbonyl (C=O) groups is 2. The molecule has 0 saturated carbocycles. The lowest BCUT2D eigenvalue weighted by Crippen LogP contribution is -2.51. The lowest BCUT2D eigenvalue weighted by atomic mass is 10.1. The molecule has 0 aromatic heterocycles. The van der Waals surface area contributed by atoms with Crippen LogP contribution < -0.4 is 30.4 Å². The first-order valence-electron chi connectivity index (χ1n) is 10.4. The minimum Gasteiger partial charge on any atom is -0.493 e. The fourth-order valence-corrected chi connectivity index (χ4v) is 3.18. The van der Waals surface area contributed by atoms with Gasteiger partial charge >= 0.3 is 0 Å². The number of ether oxygens (including phenoxy) is 3. The summed E-state index contributed by atoms with van der Waals surface area (Å²) in [6.45, 7) is 1.61. The van der Waals surface area contributed by atoms with Gasteiger partial charge in [-0.15, -0.1) is 0 Å². The van der Waals surface area contributed by atoms with Crippen LogP contribution >= 0.6 is 12.2 Å². The van der Waals surface area contributed by atoms with Gasteiger partial charge in [-0.1, -0.05) is 36.4 Å². The molecule has 0 heterocycles. The molecule has 0 bridgehead atoms. The van der Waals surface area contributed by atoms with Crippen LogP contribution in [0.15, 0.2) is 66.7 Å². The number of amides is 2. The predicted molar refractivity (Wildman–Crippen MR) is 135 cm³/mol. The van der Waals surface area contributed by atoms with Gasteiger partial charge in [0.2, 0.25) is 5.91 Å². The Labute approximate surface area is 202 Å². The van der Waals surface area contributed by atoms with E-state index in [9.17, 15) is 9.59 Å². The standard InChI is InChI=1S/C25H25N3O5S/c1-16(33-20-11-10-18-6-4-5-7-19(18)15-20)24(30)27-28-25(34)26-23(29)13-9-17-8-12-21(31-2)22(14-17)32-3/h4-16H,1-3H3,(H,27,30)(H2,26,28,29,34). The van der Waals surface area contributed by atoms with E-state index in [4.69, 9.17) is 26.4 Å². The molecule has 176 valence electrons. The van der Waals surface area contributed by atoms with Crippen molar-refractivity contribution in [3.05, 3.63) is 72.3 Å². The average molecular weight is 480 g/mol. The minimum absolute atomic E-state index is 0.0618. The molecule has 0 aliphatic carbocycles. The number of rotatable bonds is 7. The van der Waals surface area contributed by atoms with Crippen LogP contribution in [0.1, 0.15) is 12.5 Å². The molecule has 8 nitrogen and oxygen atoms in total. The molecule has 0 fully saturated rings.